The maximum absolute atomic E-state index is 12.2. The third-order valence-electron chi connectivity index (χ3n) is 4.05. The molecule has 0 atom stereocenters. The molecule has 0 aromatic heterocycles. The third-order valence-corrected chi connectivity index (χ3v) is 5.56. The van der Waals surface area contributed by atoms with Gasteiger partial charge in [0.1, 0.15) is 4.32 Å². The van der Waals surface area contributed by atoms with Crippen molar-refractivity contribution in [3.63, 3.8) is 0 Å². The van der Waals surface area contributed by atoms with Crippen LogP contribution in [-0.4, -0.2) is 89.4 Å². The van der Waals surface area contributed by atoms with Crippen LogP contribution in [0.1, 0.15) is 12.8 Å². The minimum absolute atomic E-state index is 0.0197. The van der Waals surface area contributed by atoms with Gasteiger partial charge < -0.3 is 15.1 Å². The monoisotopic (exact) mass is 344 g/mol. The summed E-state index contributed by atoms with van der Waals surface area (Å²) >= 11 is 6.86. The number of likely N-dealkylation sites (tertiary alicyclic amines) is 1. The fourth-order valence-electron chi connectivity index (χ4n) is 2.64. The first-order chi connectivity index (χ1) is 10.6. The van der Waals surface area contributed by atoms with Gasteiger partial charge in [0.15, 0.2) is 0 Å². The zero-order valence-electron chi connectivity index (χ0n) is 13.0. The van der Waals surface area contributed by atoms with Gasteiger partial charge in [-0.3, -0.25) is 14.5 Å². The quantitative estimate of drug-likeness (QED) is 0.724. The van der Waals surface area contributed by atoms with Gasteiger partial charge in [-0.25, -0.2) is 0 Å². The van der Waals surface area contributed by atoms with Crippen LogP contribution in [0, 0.1) is 0 Å². The van der Waals surface area contributed by atoms with Crippen LogP contribution in [0.2, 0.25) is 0 Å². The Balaban J connectivity index is 1.66. The van der Waals surface area contributed by atoms with Crippen LogP contribution in [0.25, 0.3) is 0 Å². The molecule has 0 unspecified atom stereocenters. The van der Waals surface area contributed by atoms with Crippen LogP contribution in [0.15, 0.2) is 0 Å². The number of carbonyl (C=O) groups excluding carboxylic acids is 2. The Hall–Kier alpha value is -0.860. The van der Waals surface area contributed by atoms with Gasteiger partial charge in [-0.1, -0.05) is 24.0 Å². The zero-order chi connectivity index (χ0) is 15.9. The first kappa shape index (κ1) is 17.5. The summed E-state index contributed by atoms with van der Waals surface area (Å²) < 4.78 is 0.851. The van der Waals surface area contributed by atoms with E-state index in [1.165, 1.54) is 24.6 Å². The SMILES string of the molecule is CNC(=O)CN1CCN(C(=O)CSC(=S)N2CCCC2)CC1. The van der Waals surface area contributed by atoms with E-state index in [4.69, 9.17) is 12.2 Å². The molecule has 2 amide bonds. The van der Waals surface area contributed by atoms with Gasteiger partial charge >= 0.3 is 0 Å². The lowest BCUT2D eigenvalue weighted by Gasteiger charge is -2.34. The number of rotatable bonds is 4. The van der Waals surface area contributed by atoms with E-state index in [-0.39, 0.29) is 11.8 Å². The topological polar surface area (TPSA) is 55.9 Å². The maximum atomic E-state index is 12.2. The van der Waals surface area contributed by atoms with E-state index in [0.29, 0.717) is 25.4 Å². The molecule has 2 aliphatic rings. The predicted molar refractivity (Wildman–Crippen MR) is 92.9 cm³/mol. The van der Waals surface area contributed by atoms with Crippen LogP contribution < -0.4 is 5.32 Å². The van der Waals surface area contributed by atoms with Gasteiger partial charge in [0, 0.05) is 46.3 Å². The molecule has 0 radical (unpaired) electrons. The molecule has 2 saturated heterocycles. The highest BCUT2D eigenvalue weighted by Crippen LogP contribution is 2.17. The number of nitrogens with one attached hydrogen (secondary N) is 1. The van der Waals surface area contributed by atoms with Crippen molar-refractivity contribution >= 4 is 40.1 Å². The second-order valence-electron chi connectivity index (χ2n) is 5.58. The number of carbonyl (C=O) groups is 2. The maximum Gasteiger partial charge on any atom is 0.233 e. The molecule has 0 spiro atoms. The summed E-state index contributed by atoms with van der Waals surface area (Å²) in [5.41, 5.74) is 0. The molecule has 0 aromatic rings. The Labute approximate surface area is 141 Å². The van der Waals surface area contributed by atoms with Crippen LogP contribution in [0.5, 0.6) is 0 Å². The van der Waals surface area contributed by atoms with Crippen molar-refractivity contribution in [2.24, 2.45) is 0 Å². The minimum Gasteiger partial charge on any atom is -0.358 e. The molecule has 124 valence electrons. The highest BCUT2D eigenvalue weighted by Gasteiger charge is 2.23. The van der Waals surface area contributed by atoms with Gasteiger partial charge in [-0.2, -0.15) is 0 Å². The zero-order valence-corrected chi connectivity index (χ0v) is 14.7. The summed E-state index contributed by atoms with van der Waals surface area (Å²) in [4.78, 5) is 29.7. The number of likely N-dealkylation sites (N-methyl/N-ethyl adjacent to an activating group) is 1. The Kier molecular flexibility index (Phi) is 6.91. The standard InChI is InChI=1S/C14H24N4O2S2/c1-15-12(19)10-16-6-8-17(9-7-16)13(20)11-22-14(21)18-4-2-3-5-18/h2-11H2,1H3,(H,15,19). The average molecular weight is 345 g/mol. The molecule has 1 N–H and O–H groups in total. The highest BCUT2D eigenvalue weighted by atomic mass is 32.2. The Morgan fingerprint density at radius 2 is 1.68 bits per heavy atom. The third kappa shape index (κ3) is 5.10. The van der Waals surface area contributed by atoms with E-state index < -0.39 is 0 Å². The van der Waals surface area contributed by atoms with Gasteiger partial charge in [0.05, 0.1) is 12.3 Å². The molecule has 22 heavy (non-hydrogen) atoms. The molecule has 0 aliphatic carbocycles. The largest absolute Gasteiger partial charge is 0.358 e. The number of nitrogens with zero attached hydrogens (tertiary/aromatic N) is 3. The summed E-state index contributed by atoms with van der Waals surface area (Å²) in [6.07, 6.45) is 2.39. The number of thioether (sulfide) groups is 1. The number of hydrogen-bond donors (Lipinski definition) is 1. The van der Waals surface area contributed by atoms with Crippen LogP contribution >= 0.6 is 24.0 Å². The highest BCUT2D eigenvalue weighted by molar-refractivity contribution is 8.23. The van der Waals surface area contributed by atoms with Gasteiger partial charge in [0.25, 0.3) is 0 Å². The number of thiocarbonyl (C=S) groups is 1. The molecule has 6 nitrogen and oxygen atoms in total. The molecule has 0 saturated carbocycles. The molecule has 2 fully saturated rings. The van der Waals surface area contributed by atoms with Crippen LogP contribution in [0.4, 0.5) is 0 Å². The number of piperazine rings is 1. The molecule has 2 rings (SSSR count). The van der Waals surface area contributed by atoms with E-state index in [0.717, 1.165) is 30.5 Å². The lowest BCUT2D eigenvalue weighted by atomic mass is 10.3. The summed E-state index contributed by atoms with van der Waals surface area (Å²) in [5, 5.41) is 2.62. The lowest BCUT2D eigenvalue weighted by molar-refractivity contribution is -0.130. The average Bonchev–Trinajstić information content (AvgIpc) is 3.07. The van der Waals surface area contributed by atoms with Gasteiger partial charge in [-0.15, -0.1) is 0 Å². The van der Waals surface area contributed by atoms with Crippen molar-refractivity contribution in [2.45, 2.75) is 12.8 Å². The molecule has 2 heterocycles. The van der Waals surface area contributed by atoms with Crippen molar-refractivity contribution in [1.29, 1.82) is 0 Å². The van der Waals surface area contributed by atoms with Crippen LogP contribution in [-0.2, 0) is 9.59 Å². The van der Waals surface area contributed by atoms with Crippen molar-refractivity contribution < 1.29 is 9.59 Å². The van der Waals surface area contributed by atoms with Gasteiger partial charge in [-0.05, 0) is 12.8 Å². The number of hydrogen-bond acceptors (Lipinski definition) is 5. The van der Waals surface area contributed by atoms with E-state index in [2.05, 4.69) is 15.1 Å². The second-order valence-corrected chi connectivity index (χ2v) is 7.19. The smallest absolute Gasteiger partial charge is 0.233 e. The van der Waals surface area contributed by atoms with Gasteiger partial charge in [0.2, 0.25) is 11.8 Å². The lowest BCUT2D eigenvalue weighted by Crippen LogP contribution is -2.51. The molecular formula is C14H24N4O2S2. The molecule has 0 aromatic carbocycles. The summed E-state index contributed by atoms with van der Waals surface area (Å²) in [6.45, 7) is 5.34. The Morgan fingerprint density at radius 3 is 2.27 bits per heavy atom. The van der Waals surface area contributed by atoms with Crippen molar-refractivity contribution in [1.82, 2.24) is 20.0 Å². The van der Waals surface area contributed by atoms with Crippen LogP contribution in [0.3, 0.4) is 0 Å². The fourth-order valence-corrected chi connectivity index (χ4v) is 3.80. The van der Waals surface area contributed by atoms with Crippen molar-refractivity contribution in [3.05, 3.63) is 0 Å². The first-order valence-electron chi connectivity index (χ1n) is 7.72. The normalized spacial score (nSPS) is 19.3. The predicted octanol–water partition coefficient (Wildman–Crippen LogP) is -0.00950. The van der Waals surface area contributed by atoms with E-state index in [9.17, 15) is 9.59 Å². The summed E-state index contributed by atoms with van der Waals surface area (Å²) in [5.74, 6) is 0.586. The second kappa shape index (κ2) is 8.69. The molecule has 2 aliphatic heterocycles. The summed E-state index contributed by atoms with van der Waals surface area (Å²) in [7, 11) is 1.64. The molecule has 8 heteroatoms. The Bertz CT molecular complexity index is 419. The van der Waals surface area contributed by atoms with E-state index in [1.54, 1.807) is 7.05 Å². The van der Waals surface area contributed by atoms with Crippen molar-refractivity contribution in [2.75, 3.05) is 58.6 Å². The molecular weight excluding hydrogens is 320 g/mol. The minimum atomic E-state index is 0.0197. The molecule has 0 bridgehead atoms. The number of amides is 2. The van der Waals surface area contributed by atoms with E-state index >= 15 is 0 Å². The summed E-state index contributed by atoms with van der Waals surface area (Å²) in [6, 6.07) is 0. The fraction of sp³-hybridized carbons (Fsp3) is 0.786. The first-order valence-corrected chi connectivity index (χ1v) is 9.12. The Morgan fingerprint density at radius 1 is 1.05 bits per heavy atom. The van der Waals surface area contributed by atoms with Crippen molar-refractivity contribution in [3.8, 4) is 0 Å². The van der Waals surface area contributed by atoms with E-state index in [1.807, 2.05) is 4.90 Å².